The lowest BCUT2D eigenvalue weighted by Crippen LogP contribution is -2.35. The van der Waals surface area contributed by atoms with Crippen molar-refractivity contribution in [1.29, 1.82) is 0 Å². The molecule has 3 amide bonds. The highest BCUT2D eigenvalue weighted by molar-refractivity contribution is 5.95. The van der Waals surface area contributed by atoms with Gasteiger partial charge in [0.2, 0.25) is 0 Å². The summed E-state index contributed by atoms with van der Waals surface area (Å²) in [6.07, 6.45) is 0. The Kier molecular flexibility index (Phi) is 8.95. The predicted molar refractivity (Wildman–Crippen MR) is 146 cm³/mol. The van der Waals surface area contributed by atoms with Gasteiger partial charge in [-0.1, -0.05) is 30.3 Å². The molecule has 0 aliphatic carbocycles. The minimum atomic E-state index is -0.266. The summed E-state index contributed by atoms with van der Waals surface area (Å²) in [5, 5.41) is 5.74. The number of urea groups is 1. The second kappa shape index (κ2) is 12.1. The summed E-state index contributed by atoms with van der Waals surface area (Å²) in [5.41, 5.74) is 4.18. The molecular formula is C29H36N4O3. The maximum absolute atomic E-state index is 13.8. The van der Waals surface area contributed by atoms with Crippen LogP contribution in [0.3, 0.4) is 0 Å². The summed E-state index contributed by atoms with van der Waals surface area (Å²) >= 11 is 0. The molecule has 0 aliphatic heterocycles. The van der Waals surface area contributed by atoms with Crippen molar-refractivity contribution < 1.29 is 14.3 Å². The van der Waals surface area contributed by atoms with Gasteiger partial charge >= 0.3 is 6.03 Å². The highest BCUT2D eigenvalue weighted by Gasteiger charge is 2.25. The number of hydrogen-bond donors (Lipinski definition) is 2. The molecule has 7 heteroatoms. The lowest BCUT2D eigenvalue weighted by Gasteiger charge is -2.32. The molecule has 0 unspecified atom stereocenters. The second-order valence-corrected chi connectivity index (χ2v) is 9.24. The molecule has 0 fully saturated rings. The van der Waals surface area contributed by atoms with E-state index in [1.807, 2.05) is 93.2 Å². The molecule has 0 aliphatic rings. The average Bonchev–Trinajstić information content (AvgIpc) is 2.86. The Bertz CT molecular complexity index is 1160. The number of nitrogens with zero attached hydrogens (tertiary/aromatic N) is 2. The van der Waals surface area contributed by atoms with Crippen molar-refractivity contribution in [3.63, 3.8) is 0 Å². The maximum Gasteiger partial charge on any atom is 0.319 e. The van der Waals surface area contributed by atoms with Gasteiger partial charge in [-0.3, -0.25) is 4.79 Å². The number of anilines is 2. The Morgan fingerprint density at radius 3 is 2.17 bits per heavy atom. The minimum absolute atomic E-state index is 0.0230. The Labute approximate surface area is 214 Å². The summed E-state index contributed by atoms with van der Waals surface area (Å²) in [6, 6.07) is 22.5. The van der Waals surface area contributed by atoms with Crippen LogP contribution in [0.2, 0.25) is 0 Å². The van der Waals surface area contributed by atoms with E-state index in [2.05, 4.69) is 10.6 Å². The number of ether oxygens (including phenoxy) is 1. The number of nitrogens with one attached hydrogen (secondary N) is 2. The van der Waals surface area contributed by atoms with E-state index in [4.69, 9.17) is 4.74 Å². The second-order valence-electron chi connectivity index (χ2n) is 9.24. The van der Waals surface area contributed by atoms with Gasteiger partial charge in [0, 0.05) is 43.6 Å². The van der Waals surface area contributed by atoms with Crippen LogP contribution in [0.4, 0.5) is 16.2 Å². The third-order valence-corrected chi connectivity index (χ3v) is 5.93. The van der Waals surface area contributed by atoms with E-state index in [1.54, 1.807) is 31.4 Å². The molecule has 0 spiro atoms. The molecule has 0 bridgehead atoms. The molecular weight excluding hydrogens is 452 g/mol. The van der Waals surface area contributed by atoms with E-state index in [-0.39, 0.29) is 24.0 Å². The molecule has 36 heavy (non-hydrogen) atoms. The first-order valence-electron chi connectivity index (χ1n) is 12.1. The van der Waals surface area contributed by atoms with Crippen LogP contribution >= 0.6 is 0 Å². The highest BCUT2D eigenvalue weighted by atomic mass is 16.5. The van der Waals surface area contributed by atoms with Crippen LogP contribution in [0.5, 0.6) is 5.75 Å². The number of methoxy groups -OCH3 is 1. The molecule has 7 nitrogen and oxygen atoms in total. The van der Waals surface area contributed by atoms with Crippen molar-refractivity contribution in [3.8, 4) is 5.75 Å². The fourth-order valence-electron chi connectivity index (χ4n) is 4.03. The average molecular weight is 489 g/mol. The van der Waals surface area contributed by atoms with E-state index in [0.29, 0.717) is 23.5 Å². The molecule has 3 aromatic carbocycles. The van der Waals surface area contributed by atoms with Crippen LogP contribution in [0, 0.1) is 0 Å². The van der Waals surface area contributed by atoms with Gasteiger partial charge in [0.25, 0.3) is 5.91 Å². The molecule has 0 aromatic heterocycles. The highest BCUT2D eigenvalue weighted by Crippen LogP contribution is 2.30. The van der Waals surface area contributed by atoms with Gasteiger partial charge in [0.1, 0.15) is 5.75 Å². The first-order chi connectivity index (χ1) is 17.2. The first kappa shape index (κ1) is 26.6. The summed E-state index contributed by atoms with van der Waals surface area (Å²) in [6.45, 7) is 6.21. The Morgan fingerprint density at radius 1 is 0.917 bits per heavy atom. The van der Waals surface area contributed by atoms with E-state index >= 15 is 0 Å². The molecule has 0 heterocycles. The van der Waals surface area contributed by atoms with Crippen LogP contribution in [0.1, 0.15) is 48.3 Å². The Balaban J connectivity index is 2.00. The van der Waals surface area contributed by atoms with Gasteiger partial charge in [-0.15, -0.1) is 0 Å². The van der Waals surface area contributed by atoms with Gasteiger partial charge in [-0.25, -0.2) is 4.79 Å². The van der Waals surface area contributed by atoms with Gasteiger partial charge in [-0.05, 0) is 74.4 Å². The molecule has 3 aromatic rings. The number of carbonyl (C=O) groups excluding carboxylic acids is 2. The van der Waals surface area contributed by atoms with Gasteiger partial charge in [-0.2, -0.15) is 0 Å². The van der Waals surface area contributed by atoms with Crippen LogP contribution in [-0.4, -0.2) is 44.1 Å². The Morgan fingerprint density at radius 2 is 1.58 bits per heavy atom. The minimum Gasteiger partial charge on any atom is -0.497 e. The zero-order chi connectivity index (χ0) is 26.2. The third-order valence-electron chi connectivity index (χ3n) is 5.93. The fourth-order valence-corrected chi connectivity index (χ4v) is 4.03. The Hall–Kier alpha value is -4.00. The zero-order valence-corrected chi connectivity index (χ0v) is 21.9. The fraction of sp³-hybridized carbons (Fsp3) is 0.310. The lowest BCUT2D eigenvalue weighted by molar-refractivity contribution is 0.0674. The van der Waals surface area contributed by atoms with Crippen molar-refractivity contribution in [2.75, 3.05) is 31.4 Å². The molecule has 3 rings (SSSR count). The van der Waals surface area contributed by atoms with E-state index in [9.17, 15) is 9.59 Å². The normalized spacial score (nSPS) is 11.5. The van der Waals surface area contributed by atoms with Crippen LogP contribution in [0.15, 0.2) is 72.8 Å². The largest absolute Gasteiger partial charge is 0.497 e. The number of benzene rings is 3. The SMILES string of the molecule is COc1ccc(C(=O)N(Cc2cc(NC(=O)NC(C)C)ccc2N(C)C)[C@@H](C)c2ccccc2)cc1. The standard InChI is InChI=1S/C29H36N4O3/c1-20(2)30-29(35)31-25-14-17-27(32(4)5)24(18-25)19-33(21(3)22-10-8-7-9-11-22)28(34)23-12-15-26(36-6)16-13-23/h7-18,20-21H,19H2,1-6H3,(H2,30,31,35)/t21-/m0/s1. The molecule has 190 valence electrons. The molecule has 0 saturated heterocycles. The number of rotatable bonds is 9. The van der Waals surface area contributed by atoms with Gasteiger partial charge in [0.05, 0.1) is 13.2 Å². The first-order valence-corrected chi connectivity index (χ1v) is 12.1. The number of amides is 3. The lowest BCUT2D eigenvalue weighted by atomic mass is 10.0. The number of carbonyl (C=O) groups is 2. The van der Waals surface area contributed by atoms with E-state index < -0.39 is 0 Å². The van der Waals surface area contributed by atoms with Crippen molar-refractivity contribution >= 4 is 23.3 Å². The summed E-state index contributed by atoms with van der Waals surface area (Å²) in [7, 11) is 5.53. The maximum atomic E-state index is 13.8. The monoisotopic (exact) mass is 488 g/mol. The van der Waals surface area contributed by atoms with Crippen molar-refractivity contribution in [1.82, 2.24) is 10.2 Å². The summed E-state index contributed by atoms with van der Waals surface area (Å²) < 4.78 is 5.26. The van der Waals surface area contributed by atoms with Crippen LogP contribution in [-0.2, 0) is 6.54 Å². The van der Waals surface area contributed by atoms with Crippen molar-refractivity contribution in [2.45, 2.75) is 39.4 Å². The van der Waals surface area contributed by atoms with Gasteiger partial charge in [0.15, 0.2) is 0 Å². The van der Waals surface area contributed by atoms with Crippen LogP contribution in [0.25, 0.3) is 0 Å². The molecule has 0 saturated carbocycles. The molecule has 0 radical (unpaired) electrons. The third kappa shape index (κ3) is 6.78. The summed E-state index contributed by atoms with van der Waals surface area (Å²) in [4.78, 5) is 30.0. The zero-order valence-electron chi connectivity index (χ0n) is 21.9. The quantitative estimate of drug-likeness (QED) is 0.406. The van der Waals surface area contributed by atoms with Crippen molar-refractivity contribution in [3.05, 3.63) is 89.5 Å². The smallest absolute Gasteiger partial charge is 0.319 e. The van der Waals surface area contributed by atoms with Crippen molar-refractivity contribution in [2.24, 2.45) is 0 Å². The predicted octanol–water partition coefficient (Wildman–Crippen LogP) is 5.69. The summed E-state index contributed by atoms with van der Waals surface area (Å²) in [5.74, 6) is 0.608. The van der Waals surface area contributed by atoms with Crippen LogP contribution < -0.4 is 20.3 Å². The molecule has 1 atom stereocenters. The topological polar surface area (TPSA) is 73.9 Å². The van der Waals surface area contributed by atoms with Gasteiger partial charge < -0.3 is 25.2 Å². The number of hydrogen-bond acceptors (Lipinski definition) is 4. The van der Waals surface area contributed by atoms with E-state index in [1.165, 1.54) is 0 Å². The van der Waals surface area contributed by atoms with E-state index in [0.717, 1.165) is 16.8 Å². The molecule has 2 N–H and O–H groups in total.